The van der Waals surface area contributed by atoms with Crippen LogP contribution in [-0.2, 0) is 31.3 Å². The van der Waals surface area contributed by atoms with Gasteiger partial charge in [-0.2, -0.15) is 4.72 Å². The van der Waals surface area contributed by atoms with E-state index < -0.39 is 53.8 Å². The molecule has 0 aliphatic carbocycles. The summed E-state index contributed by atoms with van der Waals surface area (Å²) >= 11 is 0. The third-order valence-electron chi connectivity index (χ3n) is 6.02. The molecule has 2 heterocycles. The van der Waals surface area contributed by atoms with E-state index in [0.29, 0.717) is 22.2 Å². The van der Waals surface area contributed by atoms with Crippen molar-refractivity contribution in [3.05, 3.63) is 95.3 Å². The lowest BCUT2D eigenvalue weighted by atomic mass is 10.0. The Bertz CT molecular complexity index is 1670. The Labute approximate surface area is 211 Å². The number of amides is 1. The van der Waals surface area contributed by atoms with Crippen molar-refractivity contribution in [3.8, 4) is 0 Å². The molecular weight excluding hydrogens is 526 g/mol. The number of imidazole rings is 1. The van der Waals surface area contributed by atoms with Crippen LogP contribution >= 0.6 is 0 Å². The number of para-hydroxylation sites is 2. The highest BCUT2D eigenvalue weighted by Gasteiger charge is 2.37. The summed E-state index contributed by atoms with van der Waals surface area (Å²) in [6.07, 6.45) is -0.179. The maximum absolute atomic E-state index is 14.3. The molecule has 1 amide bonds. The van der Waals surface area contributed by atoms with Gasteiger partial charge in [-0.3, -0.25) is 9.52 Å². The fraction of sp³-hybridized carbons (Fsp3) is 0.167. The molecule has 1 aromatic heterocycles. The maximum Gasteiger partial charge on any atom is 0.247 e. The van der Waals surface area contributed by atoms with Gasteiger partial charge in [0.15, 0.2) is 4.90 Å². The van der Waals surface area contributed by atoms with Crippen LogP contribution in [0.15, 0.2) is 71.6 Å². The van der Waals surface area contributed by atoms with Gasteiger partial charge in [0, 0.05) is 0 Å². The lowest BCUT2D eigenvalue weighted by Crippen LogP contribution is -2.32. The van der Waals surface area contributed by atoms with Crippen LogP contribution in [0.2, 0.25) is 0 Å². The molecule has 0 radical (unpaired) electrons. The molecule has 2 atom stereocenters. The van der Waals surface area contributed by atoms with Gasteiger partial charge in [-0.1, -0.05) is 42.5 Å². The van der Waals surface area contributed by atoms with E-state index in [9.17, 15) is 30.4 Å². The van der Waals surface area contributed by atoms with Gasteiger partial charge in [0.2, 0.25) is 26.0 Å². The molecular formula is C24H20F2N4O5S2. The number of fused-ring (bicyclic) bond motifs is 1. The number of rotatable bonds is 7. The summed E-state index contributed by atoms with van der Waals surface area (Å²) < 4.78 is 83.4. The third-order valence-corrected chi connectivity index (χ3v) is 9.24. The van der Waals surface area contributed by atoms with Crippen molar-refractivity contribution in [2.45, 2.75) is 29.0 Å². The number of aromatic nitrogens is 2. The van der Waals surface area contributed by atoms with Gasteiger partial charge in [0.05, 0.1) is 23.5 Å². The second-order valence-corrected chi connectivity index (χ2v) is 12.1. The molecule has 4 aromatic rings. The summed E-state index contributed by atoms with van der Waals surface area (Å²) in [6.45, 7) is 0. The van der Waals surface area contributed by atoms with Crippen LogP contribution in [0.4, 0.5) is 8.78 Å². The van der Waals surface area contributed by atoms with Crippen molar-refractivity contribution in [2.75, 3.05) is 0 Å². The zero-order chi connectivity index (χ0) is 26.4. The topological polar surface area (TPSA) is 138 Å². The summed E-state index contributed by atoms with van der Waals surface area (Å²) in [5.74, 6) is -2.84. The Morgan fingerprint density at radius 1 is 1.00 bits per heavy atom. The largest absolute Gasteiger partial charge is 0.341 e. The van der Waals surface area contributed by atoms with Gasteiger partial charge in [0.25, 0.3) is 0 Å². The minimum Gasteiger partial charge on any atom is -0.341 e. The second kappa shape index (κ2) is 9.32. The summed E-state index contributed by atoms with van der Waals surface area (Å²) in [6, 6.07) is 15.0. The average molecular weight is 547 g/mol. The number of aromatic amines is 1. The predicted octanol–water partition coefficient (Wildman–Crippen LogP) is 2.99. The lowest BCUT2D eigenvalue weighted by molar-refractivity contribution is -0.118. The SMILES string of the molecule is O=C1CC(c2ccc(C[C@H](NS(=O)(=O)c3c(F)cccc3F)c3nc4ccccc4[nH]3)cc2)S(=O)(=O)N1. The summed E-state index contributed by atoms with van der Waals surface area (Å²) in [4.78, 5) is 17.9. The van der Waals surface area contributed by atoms with E-state index in [1.165, 1.54) is 0 Å². The van der Waals surface area contributed by atoms with Crippen LogP contribution in [0.25, 0.3) is 11.0 Å². The molecule has 9 nitrogen and oxygen atoms in total. The molecule has 1 unspecified atom stereocenters. The van der Waals surface area contributed by atoms with E-state index in [1.54, 1.807) is 48.5 Å². The number of hydrogen-bond acceptors (Lipinski definition) is 6. The number of nitrogens with one attached hydrogen (secondary N) is 3. The first-order valence-electron chi connectivity index (χ1n) is 11.1. The molecule has 1 aliphatic rings. The monoisotopic (exact) mass is 546 g/mol. The van der Waals surface area contributed by atoms with E-state index in [4.69, 9.17) is 0 Å². The number of carbonyl (C=O) groups excluding carboxylic acids is 1. The Morgan fingerprint density at radius 3 is 2.30 bits per heavy atom. The molecule has 5 rings (SSSR count). The molecule has 37 heavy (non-hydrogen) atoms. The number of benzene rings is 3. The number of sulfonamides is 2. The third kappa shape index (κ3) is 4.97. The molecule has 3 N–H and O–H groups in total. The van der Waals surface area contributed by atoms with Crippen molar-refractivity contribution >= 4 is 37.0 Å². The van der Waals surface area contributed by atoms with Crippen LogP contribution in [0, 0.1) is 11.6 Å². The zero-order valence-corrected chi connectivity index (χ0v) is 20.6. The summed E-state index contributed by atoms with van der Waals surface area (Å²) in [5.41, 5.74) is 2.19. The molecule has 1 aliphatic heterocycles. The maximum atomic E-state index is 14.3. The van der Waals surface area contributed by atoms with Gasteiger partial charge < -0.3 is 4.98 Å². The van der Waals surface area contributed by atoms with Crippen molar-refractivity contribution in [2.24, 2.45) is 0 Å². The molecule has 3 aromatic carbocycles. The number of H-pyrrole nitrogens is 1. The first kappa shape index (κ1) is 25.0. The van der Waals surface area contributed by atoms with E-state index in [2.05, 4.69) is 14.7 Å². The quantitative estimate of drug-likeness (QED) is 0.326. The van der Waals surface area contributed by atoms with Crippen molar-refractivity contribution in [3.63, 3.8) is 0 Å². The van der Waals surface area contributed by atoms with E-state index >= 15 is 0 Å². The Kier molecular flexibility index (Phi) is 6.30. The normalized spacial score (nSPS) is 18.1. The van der Waals surface area contributed by atoms with Crippen molar-refractivity contribution in [1.29, 1.82) is 0 Å². The average Bonchev–Trinajstić information content (AvgIpc) is 3.38. The highest BCUT2D eigenvalue weighted by molar-refractivity contribution is 7.90. The molecule has 0 bridgehead atoms. The minimum absolute atomic E-state index is 0.0179. The minimum atomic E-state index is -4.65. The summed E-state index contributed by atoms with van der Waals surface area (Å²) in [5, 5.41) is -1.03. The van der Waals surface area contributed by atoms with Gasteiger partial charge in [-0.25, -0.2) is 30.6 Å². The molecule has 192 valence electrons. The van der Waals surface area contributed by atoms with Gasteiger partial charge in [-0.15, -0.1) is 0 Å². The first-order chi connectivity index (χ1) is 17.5. The molecule has 1 saturated heterocycles. The van der Waals surface area contributed by atoms with Crippen LogP contribution in [-0.4, -0.2) is 32.7 Å². The van der Waals surface area contributed by atoms with Crippen LogP contribution in [0.1, 0.15) is 34.7 Å². The van der Waals surface area contributed by atoms with Gasteiger partial charge in [0.1, 0.15) is 22.7 Å². The van der Waals surface area contributed by atoms with Crippen molar-refractivity contribution in [1.82, 2.24) is 19.4 Å². The molecule has 0 saturated carbocycles. The highest BCUT2D eigenvalue weighted by atomic mass is 32.2. The van der Waals surface area contributed by atoms with E-state index in [-0.39, 0.29) is 18.7 Å². The smallest absolute Gasteiger partial charge is 0.247 e. The zero-order valence-electron chi connectivity index (χ0n) is 19.0. The van der Waals surface area contributed by atoms with E-state index in [1.807, 2.05) is 4.72 Å². The Hall–Kier alpha value is -3.68. The Morgan fingerprint density at radius 2 is 1.68 bits per heavy atom. The number of carbonyl (C=O) groups is 1. The fourth-order valence-corrected chi connectivity index (χ4v) is 7.03. The number of halogens is 2. The standard InChI is InChI=1S/C24H20F2N4O5S2/c25-16-4-3-5-17(26)23(16)37(34,35)29-20(24-27-18-6-1-2-7-19(18)28-24)12-14-8-10-15(11-9-14)21-13-22(31)30-36(21,32)33/h1-11,20-21,29H,12-13H2,(H,27,28)(H,30,31)/t20-,21?/m0/s1. The van der Waals surface area contributed by atoms with Crippen LogP contribution in [0.5, 0.6) is 0 Å². The molecule has 1 fully saturated rings. The Balaban J connectivity index is 1.49. The molecule has 13 heteroatoms. The van der Waals surface area contributed by atoms with Crippen LogP contribution < -0.4 is 9.44 Å². The number of nitrogens with zero attached hydrogens (tertiary/aromatic N) is 1. The first-order valence-corrected chi connectivity index (χ1v) is 14.1. The second-order valence-electron chi connectivity index (χ2n) is 8.57. The number of hydrogen-bond donors (Lipinski definition) is 3. The molecule has 0 spiro atoms. The van der Waals surface area contributed by atoms with Gasteiger partial charge in [-0.05, 0) is 41.8 Å². The van der Waals surface area contributed by atoms with Gasteiger partial charge >= 0.3 is 0 Å². The fourth-order valence-electron chi connectivity index (χ4n) is 4.27. The lowest BCUT2D eigenvalue weighted by Gasteiger charge is -2.18. The predicted molar refractivity (Wildman–Crippen MR) is 130 cm³/mol. The highest BCUT2D eigenvalue weighted by Crippen LogP contribution is 2.31. The van der Waals surface area contributed by atoms with E-state index in [0.717, 1.165) is 18.2 Å². The van der Waals surface area contributed by atoms with Crippen LogP contribution in [0.3, 0.4) is 0 Å². The van der Waals surface area contributed by atoms with Crippen molar-refractivity contribution < 1.29 is 30.4 Å². The summed E-state index contributed by atoms with van der Waals surface area (Å²) in [7, 11) is -8.48.